The second-order valence-corrected chi connectivity index (χ2v) is 8.60. The van der Waals surface area contributed by atoms with Crippen LogP contribution in [0.15, 0.2) is 63.8 Å². The number of nitrogens with zero attached hydrogens (tertiary/aromatic N) is 1. The van der Waals surface area contributed by atoms with Crippen LogP contribution in [0.2, 0.25) is 0 Å². The lowest BCUT2D eigenvalue weighted by Crippen LogP contribution is -2.20. The summed E-state index contributed by atoms with van der Waals surface area (Å²) in [7, 11) is 0. The Kier molecular flexibility index (Phi) is 5.72. The lowest BCUT2D eigenvalue weighted by atomic mass is 10.1. The number of fused-ring (bicyclic) bond motifs is 2. The summed E-state index contributed by atoms with van der Waals surface area (Å²) in [5.41, 5.74) is 3.16. The highest BCUT2D eigenvalue weighted by atomic mass is 19.1. The molecule has 6 nitrogen and oxygen atoms in total. The predicted octanol–water partition coefficient (Wildman–Crippen LogP) is 5.25. The molecule has 3 aromatic carbocycles. The third-order valence-corrected chi connectivity index (χ3v) is 6.28. The summed E-state index contributed by atoms with van der Waals surface area (Å²) in [4.78, 5) is 26.5. The molecule has 2 heterocycles. The molecule has 0 fully saturated rings. The van der Waals surface area contributed by atoms with Gasteiger partial charge in [0.05, 0.1) is 16.5 Å². The van der Waals surface area contributed by atoms with E-state index in [1.807, 2.05) is 4.90 Å². The molecule has 1 aromatic heterocycles. The zero-order valence-corrected chi connectivity index (χ0v) is 18.9. The van der Waals surface area contributed by atoms with E-state index in [-0.39, 0.29) is 27.8 Å². The summed E-state index contributed by atoms with van der Waals surface area (Å²) in [5, 5.41) is 12.6. The molecule has 0 spiro atoms. The first kappa shape index (κ1) is 22.6. The van der Waals surface area contributed by atoms with E-state index < -0.39 is 11.8 Å². The van der Waals surface area contributed by atoms with E-state index in [0.29, 0.717) is 48.8 Å². The molecule has 4 aromatic rings. The molecule has 0 radical (unpaired) electrons. The number of hydrogen-bond donors (Lipinski definition) is 2. The number of hydrogen-bond acceptors (Lipinski definition) is 5. The second kappa shape index (κ2) is 8.87. The van der Waals surface area contributed by atoms with Gasteiger partial charge in [0.1, 0.15) is 17.2 Å². The number of carbonyl (C=O) groups is 1. The Labute approximate surface area is 199 Å². The molecule has 0 saturated heterocycles. The van der Waals surface area contributed by atoms with Crippen molar-refractivity contribution in [3.8, 4) is 0 Å². The van der Waals surface area contributed by atoms with Crippen LogP contribution >= 0.6 is 0 Å². The van der Waals surface area contributed by atoms with E-state index in [0.717, 1.165) is 11.1 Å². The van der Waals surface area contributed by atoms with Gasteiger partial charge in [0.25, 0.3) is 0 Å². The van der Waals surface area contributed by atoms with Crippen LogP contribution in [0.5, 0.6) is 0 Å². The molecule has 2 N–H and O–H groups in total. The number of rotatable bonds is 6. The van der Waals surface area contributed by atoms with Gasteiger partial charge in [0, 0.05) is 30.9 Å². The van der Waals surface area contributed by atoms with Crippen LogP contribution in [0, 0.1) is 18.6 Å². The van der Waals surface area contributed by atoms with Gasteiger partial charge in [-0.1, -0.05) is 18.2 Å². The minimum atomic E-state index is -1.05. The molecule has 0 atom stereocenters. The summed E-state index contributed by atoms with van der Waals surface area (Å²) >= 11 is 0. The Morgan fingerprint density at radius 2 is 1.83 bits per heavy atom. The number of para-hydroxylation sites is 1. The second-order valence-electron chi connectivity index (χ2n) is 8.60. The van der Waals surface area contributed by atoms with Crippen LogP contribution in [0.25, 0.3) is 11.0 Å². The Hall–Kier alpha value is -4.20. The van der Waals surface area contributed by atoms with Gasteiger partial charge in [-0.2, -0.15) is 0 Å². The van der Waals surface area contributed by atoms with E-state index in [4.69, 9.17) is 4.42 Å². The van der Waals surface area contributed by atoms with Crippen molar-refractivity contribution in [2.24, 2.45) is 0 Å². The number of halogens is 2. The minimum absolute atomic E-state index is 0.131. The number of aromatic carboxylic acids is 1. The molecule has 35 heavy (non-hydrogen) atoms. The van der Waals surface area contributed by atoms with Gasteiger partial charge >= 0.3 is 5.97 Å². The lowest BCUT2D eigenvalue weighted by molar-refractivity contribution is 0.0698. The first-order valence-electron chi connectivity index (χ1n) is 11.2. The summed E-state index contributed by atoms with van der Waals surface area (Å²) in [6, 6.07) is 13.6. The van der Waals surface area contributed by atoms with E-state index in [2.05, 4.69) is 5.32 Å². The fourth-order valence-electron chi connectivity index (χ4n) is 4.56. The van der Waals surface area contributed by atoms with Gasteiger partial charge in [-0.25, -0.2) is 13.6 Å². The van der Waals surface area contributed by atoms with Crippen molar-refractivity contribution < 1.29 is 23.1 Å². The average Bonchev–Trinajstić information content (AvgIpc) is 3.24. The Morgan fingerprint density at radius 3 is 2.63 bits per heavy atom. The van der Waals surface area contributed by atoms with Gasteiger partial charge < -0.3 is 19.7 Å². The SMILES string of the molecule is Cc1c(N2Cc3ccc(F)cc3C2)oc2c(CCNc3ccccc3C(=O)O)cc(F)cc2c1=O. The highest BCUT2D eigenvalue weighted by Crippen LogP contribution is 2.33. The summed E-state index contributed by atoms with van der Waals surface area (Å²) in [6.07, 6.45) is 0.291. The molecular formula is C27H22F2N2O4. The third kappa shape index (κ3) is 4.23. The standard InChI is InChI=1S/C27H22F2N2O4/c1-15-24(32)22-12-20(29)10-16(8-9-30-23-5-3-2-4-21(23)27(33)34)25(22)35-26(15)31-13-17-6-7-19(28)11-18(17)14-31/h2-7,10-12,30H,8-9,13-14H2,1H3,(H,33,34). The maximum atomic E-state index is 14.4. The Balaban J connectivity index is 1.48. The van der Waals surface area contributed by atoms with Gasteiger partial charge in [-0.3, -0.25) is 4.79 Å². The predicted molar refractivity (Wildman–Crippen MR) is 129 cm³/mol. The van der Waals surface area contributed by atoms with E-state index >= 15 is 0 Å². The molecule has 0 unspecified atom stereocenters. The molecule has 5 rings (SSSR count). The summed E-state index contributed by atoms with van der Waals surface area (Å²) in [6.45, 7) is 2.80. The van der Waals surface area contributed by atoms with Crippen LogP contribution in [0.1, 0.15) is 32.6 Å². The highest BCUT2D eigenvalue weighted by Gasteiger charge is 2.25. The molecular weight excluding hydrogens is 454 g/mol. The van der Waals surface area contributed by atoms with Crippen molar-refractivity contribution in [2.45, 2.75) is 26.4 Å². The number of benzene rings is 3. The van der Waals surface area contributed by atoms with Crippen LogP contribution in [-0.4, -0.2) is 17.6 Å². The van der Waals surface area contributed by atoms with Gasteiger partial charge in [-0.15, -0.1) is 0 Å². The van der Waals surface area contributed by atoms with E-state index in [1.54, 1.807) is 31.2 Å². The maximum absolute atomic E-state index is 14.4. The van der Waals surface area contributed by atoms with E-state index in [1.165, 1.54) is 30.3 Å². The van der Waals surface area contributed by atoms with Crippen molar-refractivity contribution in [3.63, 3.8) is 0 Å². The highest BCUT2D eigenvalue weighted by molar-refractivity contribution is 5.94. The monoisotopic (exact) mass is 476 g/mol. The Bertz CT molecular complexity index is 1530. The topological polar surface area (TPSA) is 82.8 Å². The van der Waals surface area contributed by atoms with Crippen molar-refractivity contribution in [1.82, 2.24) is 0 Å². The van der Waals surface area contributed by atoms with Crippen LogP contribution in [0.3, 0.4) is 0 Å². The number of anilines is 2. The molecule has 0 bridgehead atoms. The number of nitrogens with one attached hydrogen (secondary N) is 1. The van der Waals surface area contributed by atoms with Gasteiger partial charge in [0.2, 0.25) is 5.88 Å². The van der Waals surface area contributed by atoms with Crippen LogP contribution in [-0.2, 0) is 19.5 Å². The minimum Gasteiger partial charge on any atom is -0.478 e. The molecule has 0 saturated carbocycles. The molecule has 0 amide bonds. The average molecular weight is 476 g/mol. The maximum Gasteiger partial charge on any atom is 0.337 e. The fourth-order valence-corrected chi connectivity index (χ4v) is 4.56. The quantitative estimate of drug-likeness (QED) is 0.395. The first-order valence-corrected chi connectivity index (χ1v) is 11.2. The third-order valence-electron chi connectivity index (χ3n) is 6.28. The fraction of sp³-hybridized carbons (Fsp3) is 0.185. The first-order chi connectivity index (χ1) is 16.8. The smallest absolute Gasteiger partial charge is 0.337 e. The molecule has 0 aliphatic carbocycles. The Morgan fingerprint density at radius 1 is 1.06 bits per heavy atom. The molecule has 1 aliphatic heterocycles. The normalized spacial score (nSPS) is 12.7. The number of carboxylic acids is 1. The van der Waals surface area contributed by atoms with Crippen molar-refractivity contribution in [1.29, 1.82) is 0 Å². The van der Waals surface area contributed by atoms with Crippen LogP contribution in [0.4, 0.5) is 20.4 Å². The van der Waals surface area contributed by atoms with Crippen molar-refractivity contribution in [3.05, 3.63) is 104 Å². The molecule has 178 valence electrons. The van der Waals surface area contributed by atoms with Gasteiger partial charge in [-0.05, 0) is 60.9 Å². The van der Waals surface area contributed by atoms with Crippen LogP contribution < -0.4 is 15.6 Å². The zero-order chi connectivity index (χ0) is 24.7. The number of carboxylic acid groups (broad SMARTS) is 1. The molecule has 1 aliphatic rings. The molecule has 8 heteroatoms. The largest absolute Gasteiger partial charge is 0.478 e. The summed E-state index contributed by atoms with van der Waals surface area (Å²) < 4.78 is 34.3. The van der Waals surface area contributed by atoms with Gasteiger partial charge in [0.15, 0.2) is 5.43 Å². The summed E-state index contributed by atoms with van der Waals surface area (Å²) in [5.74, 6) is -1.56. The lowest BCUT2D eigenvalue weighted by Gasteiger charge is -2.19. The zero-order valence-electron chi connectivity index (χ0n) is 18.9. The van der Waals surface area contributed by atoms with Crippen molar-refractivity contribution >= 4 is 28.5 Å². The van der Waals surface area contributed by atoms with E-state index in [9.17, 15) is 23.5 Å². The van der Waals surface area contributed by atoms with Crippen molar-refractivity contribution in [2.75, 3.05) is 16.8 Å².